The Balaban J connectivity index is 6.65. The van der Waals surface area contributed by atoms with E-state index in [2.05, 4.69) is 10.6 Å². The molecule has 46 heavy (non-hydrogen) atoms. The molecule has 0 bridgehead atoms. The minimum atomic E-state index is -1.34. The summed E-state index contributed by atoms with van der Waals surface area (Å²) in [5, 5.41) is 16.8. The average Bonchev–Trinajstić information content (AvgIpc) is 2.98. The molecule has 0 aromatic carbocycles. The van der Waals surface area contributed by atoms with Gasteiger partial charge in [0.1, 0.15) is 24.2 Å². The van der Waals surface area contributed by atoms with E-state index < -0.39 is 48.0 Å². The highest BCUT2D eigenvalue weighted by atomic mass is 16.3. The van der Waals surface area contributed by atoms with Crippen LogP contribution in [0.15, 0.2) is 12.2 Å². The maximum atomic E-state index is 14.3. The van der Waals surface area contributed by atoms with E-state index in [1.807, 2.05) is 60.6 Å². The summed E-state index contributed by atoms with van der Waals surface area (Å²) in [5.74, 6) is -2.65. The van der Waals surface area contributed by atoms with E-state index in [0.717, 1.165) is 0 Å². The largest absolute Gasteiger partial charge is 0.390 e. The first-order chi connectivity index (χ1) is 21.2. The third-order valence-electron chi connectivity index (χ3n) is 8.60. The van der Waals surface area contributed by atoms with E-state index in [0.29, 0.717) is 31.6 Å². The van der Waals surface area contributed by atoms with Crippen molar-refractivity contribution in [2.24, 2.45) is 29.6 Å². The minimum Gasteiger partial charge on any atom is -0.390 e. The van der Waals surface area contributed by atoms with Gasteiger partial charge in [-0.3, -0.25) is 24.0 Å². The fourth-order valence-corrected chi connectivity index (χ4v) is 5.54. The lowest BCUT2D eigenvalue weighted by Gasteiger charge is -2.41. The van der Waals surface area contributed by atoms with Crippen LogP contribution in [0.3, 0.4) is 0 Å². The Bertz CT molecular complexity index is 1030. The summed E-state index contributed by atoms with van der Waals surface area (Å²) >= 11 is 0. The van der Waals surface area contributed by atoms with Gasteiger partial charge < -0.3 is 30.4 Å². The zero-order valence-corrected chi connectivity index (χ0v) is 31.1. The number of allylic oxidation sites excluding steroid dienone is 2. The molecule has 0 aromatic rings. The van der Waals surface area contributed by atoms with Crippen LogP contribution in [0.4, 0.5) is 0 Å². The molecule has 5 amide bonds. The highest BCUT2D eigenvalue weighted by molar-refractivity contribution is 5.95. The fraction of sp³-hybridized carbons (Fsp3) is 0.800. The lowest BCUT2D eigenvalue weighted by atomic mass is 9.91. The second-order valence-corrected chi connectivity index (χ2v) is 14.2. The topological polar surface area (TPSA) is 139 Å². The monoisotopic (exact) mass is 651 g/mol. The molecule has 0 fully saturated rings. The lowest BCUT2D eigenvalue weighted by Crippen LogP contribution is -2.63. The Morgan fingerprint density at radius 3 is 1.72 bits per heavy atom. The Morgan fingerprint density at radius 2 is 1.28 bits per heavy atom. The van der Waals surface area contributed by atoms with Crippen LogP contribution in [0.2, 0.25) is 0 Å². The van der Waals surface area contributed by atoms with Crippen molar-refractivity contribution in [3.63, 3.8) is 0 Å². The number of hydrogen-bond acceptors (Lipinski definition) is 6. The minimum absolute atomic E-state index is 0.106. The van der Waals surface area contributed by atoms with Gasteiger partial charge in [0.15, 0.2) is 0 Å². The van der Waals surface area contributed by atoms with Gasteiger partial charge in [-0.2, -0.15) is 0 Å². The zero-order valence-electron chi connectivity index (χ0n) is 31.1. The standard InChI is InChI=1S/C35H65N5O6/c1-15-16-17-25(10)31(42)30(33(44)37-28(23(6)7)32(43)36-11)40(14)35(46)29(24(8)9)39(13)34(45)26(20-22(4)5)38(12)27(41)19-18-21(2)3/h15-16,21-26,28-31,42H,17-20H2,1-14H3,(H,36,43)(H,37,44)/b16-15+/t25-,26+,28+,29+,30+,31-/m1/s1. The van der Waals surface area contributed by atoms with Crippen LogP contribution >= 0.6 is 0 Å². The van der Waals surface area contributed by atoms with Gasteiger partial charge in [0, 0.05) is 34.6 Å². The van der Waals surface area contributed by atoms with Crippen molar-refractivity contribution >= 4 is 29.5 Å². The van der Waals surface area contributed by atoms with Crippen molar-refractivity contribution < 1.29 is 29.1 Å². The number of likely N-dealkylation sites (N-methyl/N-ethyl adjacent to an activating group) is 4. The van der Waals surface area contributed by atoms with Gasteiger partial charge in [-0.25, -0.2) is 0 Å². The molecular weight excluding hydrogens is 586 g/mol. The Labute approximate surface area is 278 Å². The highest BCUT2D eigenvalue weighted by Crippen LogP contribution is 2.23. The molecule has 0 heterocycles. The van der Waals surface area contributed by atoms with Gasteiger partial charge >= 0.3 is 0 Å². The summed E-state index contributed by atoms with van der Waals surface area (Å²) in [4.78, 5) is 72.1. The molecule has 0 aromatic heterocycles. The van der Waals surface area contributed by atoms with E-state index in [1.54, 1.807) is 34.9 Å². The van der Waals surface area contributed by atoms with Crippen LogP contribution < -0.4 is 10.6 Å². The number of aliphatic hydroxyl groups is 1. The van der Waals surface area contributed by atoms with Crippen LogP contribution in [-0.4, -0.2) is 108 Å². The number of carbonyl (C=O) groups excluding carboxylic acids is 5. The van der Waals surface area contributed by atoms with Gasteiger partial charge in [-0.05, 0) is 55.8 Å². The second kappa shape index (κ2) is 20.3. The van der Waals surface area contributed by atoms with E-state index >= 15 is 0 Å². The first-order valence-corrected chi connectivity index (χ1v) is 16.8. The predicted molar refractivity (Wildman–Crippen MR) is 183 cm³/mol. The quantitative estimate of drug-likeness (QED) is 0.183. The summed E-state index contributed by atoms with van der Waals surface area (Å²) in [7, 11) is 6.12. The maximum Gasteiger partial charge on any atom is 0.246 e. The molecule has 11 nitrogen and oxygen atoms in total. The summed E-state index contributed by atoms with van der Waals surface area (Å²) in [5.41, 5.74) is 0. The normalized spacial score (nSPS) is 15.8. The molecule has 0 spiro atoms. The molecule has 3 N–H and O–H groups in total. The molecule has 0 radical (unpaired) electrons. The maximum absolute atomic E-state index is 14.3. The SMILES string of the molecule is C/C=C/C[C@@H](C)[C@@H](O)[C@@H](C(=O)N[C@H](C(=O)NC)C(C)C)N(C)C(=O)[C@H](C(C)C)N(C)C(=O)[C@H](CC(C)C)N(C)C(=O)CCC(C)C. The Morgan fingerprint density at radius 1 is 0.739 bits per heavy atom. The van der Waals surface area contributed by atoms with Crippen LogP contribution in [0, 0.1) is 29.6 Å². The summed E-state index contributed by atoms with van der Waals surface area (Å²) < 4.78 is 0. The smallest absolute Gasteiger partial charge is 0.246 e. The van der Waals surface area contributed by atoms with Gasteiger partial charge in [-0.15, -0.1) is 0 Å². The summed E-state index contributed by atoms with van der Waals surface area (Å²) in [6.45, 7) is 18.9. The molecule has 6 atom stereocenters. The first kappa shape index (κ1) is 43.0. The van der Waals surface area contributed by atoms with Crippen molar-refractivity contribution in [3.05, 3.63) is 12.2 Å². The van der Waals surface area contributed by atoms with Gasteiger partial charge in [-0.1, -0.05) is 74.5 Å². The Kier molecular flexibility index (Phi) is 19.0. The van der Waals surface area contributed by atoms with Crippen molar-refractivity contribution in [3.8, 4) is 0 Å². The van der Waals surface area contributed by atoms with Crippen molar-refractivity contribution in [2.75, 3.05) is 28.2 Å². The van der Waals surface area contributed by atoms with E-state index in [4.69, 9.17) is 0 Å². The van der Waals surface area contributed by atoms with Crippen LogP contribution in [-0.2, 0) is 24.0 Å². The molecule has 0 saturated carbocycles. The number of carbonyl (C=O) groups is 5. The van der Waals surface area contributed by atoms with Crippen LogP contribution in [0.1, 0.15) is 94.9 Å². The number of aliphatic hydroxyl groups excluding tert-OH is 1. The third-order valence-corrected chi connectivity index (χ3v) is 8.60. The van der Waals surface area contributed by atoms with E-state index in [1.165, 1.54) is 28.8 Å². The van der Waals surface area contributed by atoms with Gasteiger partial charge in [0.05, 0.1) is 6.10 Å². The van der Waals surface area contributed by atoms with E-state index in [-0.39, 0.29) is 35.5 Å². The second-order valence-electron chi connectivity index (χ2n) is 14.2. The van der Waals surface area contributed by atoms with Crippen LogP contribution in [0.5, 0.6) is 0 Å². The molecule has 0 aliphatic carbocycles. The predicted octanol–water partition coefficient (Wildman–Crippen LogP) is 3.46. The number of hydrogen-bond donors (Lipinski definition) is 3. The molecule has 0 unspecified atom stereocenters. The average molecular weight is 652 g/mol. The number of nitrogens with zero attached hydrogens (tertiary/aromatic N) is 3. The Hall–Kier alpha value is -2.95. The number of amides is 5. The molecular formula is C35H65N5O6. The van der Waals surface area contributed by atoms with Gasteiger partial charge in [0.25, 0.3) is 0 Å². The third kappa shape index (κ3) is 12.7. The molecule has 266 valence electrons. The van der Waals surface area contributed by atoms with Gasteiger partial charge in [0.2, 0.25) is 29.5 Å². The molecule has 0 rings (SSSR count). The molecule has 11 heteroatoms. The van der Waals surface area contributed by atoms with E-state index in [9.17, 15) is 29.1 Å². The van der Waals surface area contributed by atoms with Crippen molar-refractivity contribution in [1.82, 2.24) is 25.3 Å². The molecule has 0 aliphatic rings. The summed E-state index contributed by atoms with van der Waals surface area (Å²) in [6.07, 6.45) is 4.37. The highest BCUT2D eigenvalue weighted by Gasteiger charge is 2.43. The zero-order chi connectivity index (χ0) is 36.0. The fourth-order valence-electron chi connectivity index (χ4n) is 5.54. The molecule has 0 aliphatic heterocycles. The first-order valence-electron chi connectivity index (χ1n) is 16.8. The summed E-state index contributed by atoms with van der Waals surface area (Å²) in [6, 6.07) is -3.98. The van der Waals surface area contributed by atoms with Crippen LogP contribution in [0.25, 0.3) is 0 Å². The van der Waals surface area contributed by atoms with Crippen molar-refractivity contribution in [1.29, 1.82) is 0 Å². The molecule has 0 saturated heterocycles. The number of nitrogens with one attached hydrogen (secondary N) is 2. The lowest BCUT2D eigenvalue weighted by molar-refractivity contribution is -0.156. The number of rotatable bonds is 19. The van der Waals surface area contributed by atoms with Crippen molar-refractivity contribution in [2.45, 2.75) is 125 Å².